The Labute approximate surface area is 129 Å². The Kier molecular flexibility index (Phi) is 4.65. The van der Waals surface area contributed by atoms with Crippen molar-refractivity contribution in [3.8, 4) is 0 Å². The summed E-state index contributed by atoms with van der Waals surface area (Å²) in [5.41, 5.74) is 5.92. The average molecular weight is 305 g/mol. The van der Waals surface area contributed by atoms with Gasteiger partial charge >= 0.3 is 5.69 Å². The Bertz CT molecular complexity index is 716. The lowest BCUT2D eigenvalue weighted by Crippen LogP contribution is -2.40. The van der Waals surface area contributed by atoms with Crippen molar-refractivity contribution in [1.82, 2.24) is 19.1 Å². The van der Waals surface area contributed by atoms with Crippen molar-refractivity contribution in [1.29, 1.82) is 0 Å². The van der Waals surface area contributed by atoms with Crippen LogP contribution >= 0.6 is 0 Å². The summed E-state index contributed by atoms with van der Waals surface area (Å²) < 4.78 is 2.79. The summed E-state index contributed by atoms with van der Waals surface area (Å²) in [6, 6.07) is 5.35. The number of pyridine rings is 1. The highest BCUT2D eigenvalue weighted by molar-refractivity contribution is 5.75. The van der Waals surface area contributed by atoms with Crippen LogP contribution in [0.4, 0.5) is 0 Å². The minimum Gasteiger partial charge on any atom is -0.345 e. The van der Waals surface area contributed by atoms with E-state index in [0.717, 1.165) is 0 Å². The summed E-state index contributed by atoms with van der Waals surface area (Å²) in [7, 11) is 1.76. The lowest BCUT2D eigenvalue weighted by molar-refractivity contribution is -0.131. The van der Waals surface area contributed by atoms with Gasteiger partial charge in [0.15, 0.2) is 5.65 Å². The molecule has 0 fully saturated rings. The number of rotatable bonds is 6. The van der Waals surface area contributed by atoms with Crippen LogP contribution in [0.5, 0.6) is 0 Å². The lowest BCUT2D eigenvalue weighted by atomic mass is 9.93. The zero-order valence-corrected chi connectivity index (χ0v) is 13.3. The fourth-order valence-corrected chi connectivity index (χ4v) is 2.30. The molecular formula is C15H23N5O2. The normalized spacial score (nSPS) is 11.8. The fraction of sp³-hybridized carbons (Fsp3) is 0.533. The molecule has 22 heavy (non-hydrogen) atoms. The van der Waals surface area contributed by atoms with Crippen LogP contribution in [0, 0.1) is 5.41 Å². The molecule has 2 N–H and O–H groups in total. The van der Waals surface area contributed by atoms with E-state index in [2.05, 4.69) is 5.10 Å². The van der Waals surface area contributed by atoms with Gasteiger partial charge in [-0.1, -0.05) is 19.9 Å². The molecule has 7 heteroatoms. The van der Waals surface area contributed by atoms with Crippen LogP contribution in [0.2, 0.25) is 0 Å². The molecule has 2 rings (SSSR count). The van der Waals surface area contributed by atoms with Crippen molar-refractivity contribution < 1.29 is 4.79 Å². The van der Waals surface area contributed by atoms with Crippen LogP contribution < -0.4 is 11.4 Å². The molecule has 2 heterocycles. The predicted molar refractivity (Wildman–Crippen MR) is 84.5 cm³/mol. The summed E-state index contributed by atoms with van der Waals surface area (Å²) >= 11 is 0. The quantitative estimate of drug-likeness (QED) is 0.833. The molecule has 0 saturated carbocycles. The fourth-order valence-electron chi connectivity index (χ4n) is 2.30. The van der Waals surface area contributed by atoms with E-state index in [9.17, 15) is 9.59 Å². The van der Waals surface area contributed by atoms with Crippen molar-refractivity contribution in [2.24, 2.45) is 11.1 Å². The molecule has 0 radical (unpaired) electrons. The standard InChI is InChI=1S/C15H23N5O2/c1-15(2,10-16)11-18(3)13(21)7-9-20-14(22)19-8-5-4-6-12(19)17-20/h4-6,8H,7,9-11,16H2,1-3H3. The van der Waals surface area contributed by atoms with E-state index in [-0.39, 0.29) is 30.0 Å². The Morgan fingerprint density at radius 1 is 1.41 bits per heavy atom. The number of hydrogen-bond donors (Lipinski definition) is 1. The van der Waals surface area contributed by atoms with Crippen LogP contribution in [-0.4, -0.2) is 45.1 Å². The Hall–Kier alpha value is -2.15. The molecule has 120 valence electrons. The molecule has 0 aliphatic rings. The van der Waals surface area contributed by atoms with Crippen LogP contribution in [-0.2, 0) is 11.3 Å². The summed E-state index contributed by atoms with van der Waals surface area (Å²) in [6.07, 6.45) is 1.90. The molecule has 0 aliphatic heterocycles. The van der Waals surface area contributed by atoms with E-state index in [1.165, 1.54) is 9.08 Å². The van der Waals surface area contributed by atoms with Gasteiger partial charge in [0, 0.05) is 26.2 Å². The summed E-state index contributed by atoms with van der Waals surface area (Å²) in [5, 5.41) is 4.21. The highest BCUT2D eigenvalue weighted by Gasteiger charge is 2.21. The number of aryl methyl sites for hydroxylation is 1. The van der Waals surface area contributed by atoms with Crippen LogP contribution in [0.3, 0.4) is 0 Å². The largest absolute Gasteiger partial charge is 0.350 e. The molecule has 0 bridgehead atoms. The average Bonchev–Trinajstić information content (AvgIpc) is 2.81. The summed E-state index contributed by atoms with van der Waals surface area (Å²) in [5.74, 6) is -0.0227. The van der Waals surface area contributed by atoms with Gasteiger partial charge in [-0.25, -0.2) is 9.48 Å². The maximum atomic E-state index is 12.2. The Morgan fingerprint density at radius 3 is 2.77 bits per heavy atom. The molecule has 0 aromatic carbocycles. The van der Waals surface area contributed by atoms with Crippen molar-refractivity contribution >= 4 is 11.6 Å². The number of fused-ring (bicyclic) bond motifs is 1. The molecule has 0 aliphatic carbocycles. The Balaban J connectivity index is 2.01. The molecule has 0 atom stereocenters. The zero-order chi connectivity index (χ0) is 16.3. The third-order valence-corrected chi connectivity index (χ3v) is 3.67. The third-order valence-electron chi connectivity index (χ3n) is 3.67. The third kappa shape index (κ3) is 3.54. The topological polar surface area (TPSA) is 85.6 Å². The van der Waals surface area contributed by atoms with E-state index in [4.69, 9.17) is 5.73 Å². The summed E-state index contributed by atoms with van der Waals surface area (Å²) in [4.78, 5) is 25.9. The molecule has 0 spiro atoms. The molecule has 0 saturated heterocycles. The molecule has 7 nitrogen and oxygen atoms in total. The van der Waals surface area contributed by atoms with E-state index in [1.54, 1.807) is 30.3 Å². The number of nitrogens with two attached hydrogens (primary N) is 1. The number of aromatic nitrogens is 3. The van der Waals surface area contributed by atoms with Crippen LogP contribution in [0.1, 0.15) is 20.3 Å². The van der Waals surface area contributed by atoms with Gasteiger partial charge in [0.25, 0.3) is 0 Å². The van der Waals surface area contributed by atoms with Gasteiger partial charge in [-0.05, 0) is 24.1 Å². The van der Waals surface area contributed by atoms with E-state index in [0.29, 0.717) is 18.7 Å². The number of hydrogen-bond acceptors (Lipinski definition) is 4. The second-order valence-electron chi connectivity index (χ2n) is 6.30. The molecule has 0 unspecified atom stereocenters. The van der Waals surface area contributed by atoms with Gasteiger partial charge in [-0.3, -0.25) is 9.20 Å². The maximum absolute atomic E-state index is 12.2. The van der Waals surface area contributed by atoms with Crippen molar-refractivity contribution in [3.63, 3.8) is 0 Å². The second kappa shape index (κ2) is 6.31. The van der Waals surface area contributed by atoms with Crippen molar-refractivity contribution in [3.05, 3.63) is 34.9 Å². The first-order valence-corrected chi connectivity index (χ1v) is 7.32. The van der Waals surface area contributed by atoms with E-state index < -0.39 is 0 Å². The maximum Gasteiger partial charge on any atom is 0.350 e. The highest BCUT2D eigenvalue weighted by Crippen LogP contribution is 2.14. The first kappa shape index (κ1) is 16.2. The number of carbonyl (C=O) groups is 1. The first-order chi connectivity index (χ1) is 10.3. The van der Waals surface area contributed by atoms with Crippen LogP contribution in [0.25, 0.3) is 5.65 Å². The molecule has 2 aromatic rings. The highest BCUT2D eigenvalue weighted by atomic mass is 16.2. The monoisotopic (exact) mass is 305 g/mol. The Morgan fingerprint density at radius 2 is 2.14 bits per heavy atom. The summed E-state index contributed by atoms with van der Waals surface area (Å²) in [6.45, 7) is 5.40. The van der Waals surface area contributed by atoms with Gasteiger partial charge in [0.2, 0.25) is 5.91 Å². The molecule has 2 aromatic heterocycles. The SMILES string of the molecule is CN(CC(C)(C)CN)C(=O)CCn1nc2ccccn2c1=O. The van der Waals surface area contributed by atoms with Gasteiger partial charge in [-0.15, -0.1) is 5.10 Å². The van der Waals surface area contributed by atoms with Gasteiger partial charge < -0.3 is 10.6 Å². The minimum atomic E-state index is -0.228. The van der Waals surface area contributed by atoms with Gasteiger partial charge in [-0.2, -0.15) is 0 Å². The van der Waals surface area contributed by atoms with E-state index >= 15 is 0 Å². The first-order valence-electron chi connectivity index (χ1n) is 7.32. The smallest absolute Gasteiger partial charge is 0.345 e. The minimum absolute atomic E-state index is 0.0227. The number of nitrogens with zero attached hydrogens (tertiary/aromatic N) is 4. The lowest BCUT2D eigenvalue weighted by Gasteiger charge is -2.29. The van der Waals surface area contributed by atoms with Crippen molar-refractivity contribution in [2.45, 2.75) is 26.8 Å². The number of carbonyl (C=O) groups excluding carboxylic acids is 1. The number of amides is 1. The van der Waals surface area contributed by atoms with Crippen molar-refractivity contribution in [2.75, 3.05) is 20.1 Å². The molecular weight excluding hydrogens is 282 g/mol. The zero-order valence-electron chi connectivity index (χ0n) is 13.3. The predicted octanol–water partition coefficient (Wildman–Crippen LogP) is 0.329. The second-order valence-corrected chi connectivity index (χ2v) is 6.30. The van der Waals surface area contributed by atoms with Crippen LogP contribution in [0.15, 0.2) is 29.2 Å². The molecule has 1 amide bonds. The van der Waals surface area contributed by atoms with Gasteiger partial charge in [0.05, 0.1) is 6.54 Å². The van der Waals surface area contributed by atoms with Gasteiger partial charge in [0.1, 0.15) is 0 Å². The van der Waals surface area contributed by atoms with E-state index in [1.807, 2.05) is 19.9 Å².